The highest BCUT2D eigenvalue weighted by Gasteiger charge is 2.21. The van der Waals surface area contributed by atoms with E-state index in [1.165, 1.54) is 17.6 Å². The molecular formula is C20H21NO3S. The number of Topliss-reactive ketones (excluding diaryl/α,β-unsaturated/α-hetero) is 1. The summed E-state index contributed by atoms with van der Waals surface area (Å²) in [4.78, 5) is 26.5. The lowest BCUT2D eigenvalue weighted by Gasteiger charge is -2.29. The van der Waals surface area contributed by atoms with Crippen molar-refractivity contribution in [3.8, 4) is 5.75 Å². The van der Waals surface area contributed by atoms with Crippen molar-refractivity contribution in [2.45, 2.75) is 25.8 Å². The summed E-state index contributed by atoms with van der Waals surface area (Å²) in [7, 11) is 0. The zero-order chi connectivity index (χ0) is 17.6. The highest BCUT2D eigenvalue weighted by Crippen LogP contribution is 2.26. The van der Waals surface area contributed by atoms with Crippen LogP contribution in [0, 0.1) is 0 Å². The first-order chi connectivity index (χ1) is 12.2. The minimum absolute atomic E-state index is 0.0158. The zero-order valence-corrected chi connectivity index (χ0v) is 15.1. The van der Waals surface area contributed by atoms with Gasteiger partial charge in [0.25, 0.3) is 0 Å². The lowest BCUT2D eigenvalue weighted by molar-refractivity contribution is -0.132. The monoisotopic (exact) mass is 355 g/mol. The minimum atomic E-state index is 0.0158. The first-order valence-electron chi connectivity index (χ1n) is 8.36. The lowest BCUT2D eigenvalue weighted by Crippen LogP contribution is -2.36. The van der Waals surface area contributed by atoms with Gasteiger partial charge in [-0.2, -0.15) is 0 Å². The van der Waals surface area contributed by atoms with Gasteiger partial charge in [0.15, 0.2) is 5.78 Å². The van der Waals surface area contributed by atoms with E-state index in [0.29, 0.717) is 18.7 Å². The third kappa shape index (κ3) is 4.42. The Bertz CT molecular complexity index is 761. The van der Waals surface area contributed by atoms with Crippen LogP contribution < -0.4 is 4.18 Å². The van der Waals surface area contributed by atoms with Crippen LogP contribution in [0.4, 0.5) is 0 Å². The molecule has 0 saturated carbocycles. The van der Waals surface area contributed by atoms with Gasteiger partial charge in [0.2, 0.25) is 5.91 Å². The molecule has 0 bridgehead atoms. The highest BCUT2D eigenvalue weighted by molar-refractivity contribution is 7.94. The minimum Gasteiger partial charge on any atom is -0.426 e. The van der Waals surface area contributed by atoms with Crippen molar-refractivity contribution >= 4 is 23.7 Å². The Morgan fingerprint density at radius 1 is 1.08 bits per heavy atom. The van der Waals surface area contributed by atoms with Gasteiger partial charge in [-0.15, -0.1) is 0 Å². The molecule has 0 fully saturated rings. The Labute approximate surface area is 152 Å². The first-order valence-corrected chi connectivity index (χ1v) is 9.51. The number of ketones is 1. The molecule has 0 spiro atoms. The van der Waals surface area contributed by atoms with Crippen molar-refractivity contribution in [3.05, 3.63) is 65.2 Å². The van der Waals surface area contributed by atoms with E-state index in [1.54, 1.807) is 12.1 Å². The third-order valence-electron chi connectivity index (χ3n) is 4.38. The molecule has 0 radical (unpaired) electrons. The summed E-state index contributed by atoms with van der Waals surface area (Å²) in [5.74, 6) is 0.855. The molecule has 0 unspecified atom stereocenters. The Balaban J connectivity index is 1.58. The molecule has 0 N–H and O–H groups in total. The fourth-order valence-electron chi connectivity index (χ4n) is 3.04. The molecule has 25 heavy (non-hydrogen) atoms. The van der Waals surface area contributed by atoms with E-state index in [0.717, 1.165) is 17.7 Å². The van der Waals surface area contributed by atoms with Gasteiger partial charge in [-0.3, -0.25) is 9.59 Å². The maximum atomic E-state index is 12.5. The SMILES string of the molecule is CSOc1ccc2c(c1)CN(C(=O)CCC(=O)c1ccccc1)CC2. The van der Waals surface area contributed by atoms with Crippen LogP contribution in [0.1, 0.15) is 34.3 Å². The van der Waals surface area contributed by atoms with Crippen molar-refractivity contribution in [2.75, 3.05) is 12.8 Å². The van der Waals surface area contributed by atoms with Crippen molar-refractivity contribution in [2.24, 2.45) is 0 Å². The molecule has 2 aromatic carbocycles. The predicted octanol–water partition coefficient (Wildman–Crippen LogP) is 3.89. The Hall–Kier alpha value is -2.27. The molecule has 1 heterocycles. The van der Waals surface area contributed by atoms with Crippen LogP contribution in [0.3, 0.4) is 0 Å². The van der Waals surface area contributed by atoms with E-state index in [-0.39, 0.29) is 24.5 Å². The van der Waals surface area contributed by atoms with Gasteiger partial charge in [-0.05, 0) is 29.7 Å². The fourth-order valence-corrected chi connectivity index (χ4v) is 3.34. The number of fused-ring (bicyclic) bond motifs is 1. The second kappa shape index (κ2) is 8.21. The van der Waals surface area contributed by atoms with E-state index in [2.05, 4.69) is 6.07 Å². The van der Waals surface area contributed by atoms with E-state index < -0.39 is 0 Å². The molecular weight excluding hydrogens is 334 g/mol. The Morgan fingerprint density at radius 3 is 2.64 bits per heavy atom. The molecule has 5 heteroatoms. The van der Waals surface area contributed by atoms with Crippen LogP contribution in [-0.4, -0.2) is 29.4 Å². The number of carbonyl (C=O) groups excluding carboxylic acids is 2. The summed E-state index contributed by atoms with van der Waals surface area (Å²) in [6.07, 6.45) is 3.22. The van der Waals surface area contributed by atoms with Crippen LogP contribution in [0.15, 0.2) is 48.5 Å². The quantitative estimate of drug-likeness (QED) is 0.582. The molecule has 3 rings (SSSR count). The molecule has 0 aliphatic carbocycles. The van der Waals surface area contributed by atoms with Crippen LogP contribution in [0.25, 0.3) is 0 Å². The third-order valence-corrected chi connectivity index (χ3v) is 4.74. The standard InChI is InChI=1S/C20H21NO3S/c1-25-24-18-8-7-15-11-12-21(14-17(15)13-18)20(23)10-9-19(22)16-5-3-2-4-6-16/h2-8,13H,9-12,14H2,1H3. The van der Waals surface area contributed by atoms with E-state index >= 15 is 0 Å². The predicted molar refractivity (Wildman–Crippen MR) is 99.7 cm³/mol. The van der Waals surface area contributed by atoms with Gasteiger partial charge in [0.1, 0.15) is 5.75 Å². The average molecular weight is 355 g/mol. The van der Waals surface area contributed by atoms with E-state index in [1.807, 2.05) is 41.5 Å². The molecule has 1 amide bonds. The number of carbonyl (C=O) groups is 2. The Morgan fingerprint density at radius 2 is 1.88 bits per heavy atom. The largest absolute Gasteiger partial charge is 0.426 e. The zero-order valence-electron chi connectivity index (χ0n) is 14.2. The van der Waals surface area contributed by atoms with Gasteiger partial charge in [-0.25, -0.2) is 0 Å². The molecule has 130 valence electrons. The van der Waals surface area contributed by atoms with E-state index in [4.69, 9.17) is 4.18 Å². The van der Waals surface area contributed by atoms with Crippen molar-refractivity contribution in [1.82, 2.24) is 4.90 Å². The Kier molecular flexibility index (Phi) is 5.76. The number of amides is 1. The van der Waals surface area contributed by atoms with Gasteiger partial charge >= 0.3 is 0 Å². The lowest BCUT2D eigenvalue weighted by atomic mass is 9.99. The van der Waals surface area contributed by atoms with Crippen molar-refractivity contribution in [3.63, 3.8) is 0 Å². The van der Waals surface area contributed by atoms with Crippen LogP contribution in [-0.2, 0) is 17.8 Å². The van der Waals surface area contributed by atoms with Gasteiger partial charge in [0.05, 0.1) is 12.0 Å². The normalized spacial score (nSPS) is 13.2. The van der Waals surface area contributed by atoms with Gasteiger partial charge in [-0.1, -0.05) is 36.4 Å². The highest BCUT2D eigenvalue weighted by atomic mass is 32.2. The fraction of sp³-hybridized carbons (Fsp3) is 0.300. The molecule has 4 nitrogen and oxygen atoms in total. The van der Waals surface area contributed by atoms with Crippen molar-refractivity contribution < 1.29 is 13.8 Å². The molecule has 0 aromatic heterocycles. The summed E-state index contributed by atoms with van der Waals surface area (Å²) in [6, 6.07) is 15.2. The summed E-state index contributed by atoms with van der Waals surface area (Å²) in [5, 5.41) is 0. The maximum Gasteiger partial charge on any atom is 0.223 e. The van der Waals surface area contributed by atoms with Crippen LogP contribution in [0.2, 0.25) is 0 Å². The molecule has 0 atom stereocenters. The number of benzene rings is 2. The molecule has 2 aromatic rings. The summed E-state index contributed by atoms with van der Waals surface area (Å²) < 4.78 is 5.46. The topological polar surface area (TPSA) is 46.6 Å². The molecule has 1 aliphatic heterocycles. The van der Waals surface area contributed by atoms with Gasteiger partial charge < -0.3 is 9.08 Å². The number of hydrogen-bond donors (Lipinski definition) is 0. The average Bonchev–Trinajstić information content (AvgIpc) is 2.66. The van der Waals surface area contributed by atoms with Crippen LogP contribution >= 0.6 is 12.0 Å². The second-order valence-corrected chi connectivity index (χ2v) is 6.54. The number of rotatable bonds is 6. The summed E-state index contributed by atoms with van der Waals surface area (Å²) in [6.45, 7) is 1.29. The van der Waals surface area contributed by atoms with E-state index in [9.17, 15) is 9.59 Å². The maximum absolute atomic E-state index is 12.5. The summed E-state index contributed by atoms with van der Waals surface area (Å²) >= 11 is 1.30. The second-order valence-electron chi connectivity index (χ2n) is 6.04. The number of hydrogen-bond acceptors (Lipinski definition) is 4. The van der Waals surface area contributed by atoms with Gasteiger partial charge in [0, 0.05) is 37.8 Å². The number of nitrogens with zero attached hydrogens (tertiary/aromatic N) is 1. The first kappa shape index (κ1) is 17.5. The molecule has 1 aliphatic rings. The molecule has 0 saturated heterocycles. The summed E-state index contributed by atoms with van der Waals surface area (Å²) in [5.41, 5.74) is 3.05. The smallest absolute Gasteiger partial charge is 0.223 e. The van der Waals surface area contributed by atoms with Crippen LogP contribution in [0.5, 0.6) is 5.75 Å². The van der Waals surface area contributed by atoms with Crippen molar-refractivity contribution in [1.29, 1.82) is 0 Å².